The Bertz CT molecular complexity index is 1090. The zero-order valence-electron chi connectivity index (χ0n) is 17.3. The first kappa shape index (κ1) is 19.6. The highest BCUT2D eigenvalue weighted by atomic mass is 19.1. The number of nitrogens with zero attached hydrogens (tertiary/aromatic N) is 4. The summed E-state index contributed by atoms with van der Waals surface area (Å²) < 4.78 is 14.9. The van der Waals surface area contributed by atoms with E-state index in [4.69, 9.17) is 0 Å². The number of carbonyl (C=O) groups excluding carboxylic acids is 1. The zero-order chi connectivity index (χ0) is 21.4. The number of benzene rings is 1. The lowest BCUT2D eigenvalue weighted by Gasteiger charge is -2.50. The van der Waals surface area contributed by atoms with Crippen molar-refractivity contribution in [2.75, 3.05) is 11.9 Å². The van der Waals surface area contributed by atoms with Gasteiger partial charge in [-0.2, -0.15) is 0 Å². The highest BCUT2D eigenvalue weighted by Gasteiger charge is 2.44. The quantitative estimate of drug-likeness (QED) is 0.692. The van der Waals surface area contributed by atoms with Crippen LogP contribution in [-0.2, 0) is 0 Å². The van der Waals surface area contributed by atoms with Gasteiger partial charge in [0, 0.05) is 36.7 Å². The number of hydrogen-bond acceptors (Lipinski definition) is 5. The minimum atomic E-state index is -0.541. The topological polar surface area (TPSA) is 71.0 Å². The second-order valence-electron chi connectivity index (χ2n) is 8.41. The Hall–Kier alpha value is -3.35. The third kappa shape index (κ3) is 3.76. The summed E-state index contributed by atoms with van der Waals surface area (Å²) in [4.78, 5) is 28.4. The lowest BCUT2D eigenvalue weighted by atomic mass is 9.76. The van der Waals surface area contributed by atoms with E-state index >= 15 is 0 Å². The van der Waals surface area contributed by atoms with E-state index in [1.807, 2.05) is 30.2 Å². The fourth-order valence-electron chi connectivity index (χ4n) is 4.84. The Balaban J connectivity index is 1.45. The van der Waals surface area contributed by atoms with Crippen molar-refractivity contribution in [1.29, 1.82) is 0 Å². The second kappa shape index (κ2) is 8.06. The van der Waals surface area contributed by atoms with E-state index in [9.17, 15) is 9.18 Å². The van der Waals surface area contributed by atoms with Crippen LogP contribution >= 0.6 is 0 Å². The van der Waals surface area contributed by atoms with Gasteiger partial charge in [-0.3, -0.25) is 4.79 Å². The molecule has 1 aliphatic carbocycles. The van der Waals surface area contributed by atoms with E-state index in [-0.39, 0.29) is 23.6 Å². The molecule has 3 aromatic rings. The highest BCUT2D eigenvalue weighted by molar-refractivity contribution is 6.00. The summed E-state index contributed by atoms with van der Waals surface area (Å²) in [5.74, 6) is 0.714. The van der Waals surface area contributed by atoms with Gasteiger partial charge in [-0.05, 0) is 55.9 Å². The lowest BCUT2D eigenvalue weighted by molar-refractivity contribution is 0.0278. The third-order valence-electron chi connectivity index (χ3n) is 6.32. The number of piperidine rings is 2. The number of carbonyl (C=O) groups is 1. The second-order valence-corrected chi connectivity index (χ2v) is 8.41. The number of halogens is 1. The van der Waals surface area contributed by atoms with E-state index in [2.05, 4.69) is 20.3 Å². The SMILES string of the molecule is Cc1ccc(NC2CC3CCC2N(C(=O)c2c(F)cccc2-c2ncccn2)C3)nc1. The molecule has 3 atom stereocenters. The third-order valence-corrected chi connectivity index (χ3v) is 6.32. The number of anilines is 1. The van der Waals surface area contributed by atoms with Crippen molar-refractivity contribution >= 4 is 11.7 Å². The molecule has 3 aliphatic rings. The number of amides is 1. The number of rotatable bonds is 4. The molecular weight excluding hydrogens is 393 g/mol. The summed E-state index contributed by atoms with van der Waals surface area (Å²) in [6.07, 6.45) is 7.98. The molecule has 1 amide bonds. The van der Waals surface area contributed by atoms with Crippen LogP contribution in [0.1, 0.15) is 35.2 Å². The van der Waals surface area contributed by atoms with Crippen molar-refractivity contribution in [3.8, 4) is 11.4 Å². The summed E-state index contributed by atoms with van der Waals surface area (Å²) >= 11 is 0. The minimum absolute atomic E-state index is 0.00949. The van der Waals surface area contributed by atoms with Crippen LogP contribution in [0.3, 0.4) is 0 Å². The molecule has 2 aliphatic heterocycles. The van der Waals surface area contributed by atoms with Crippen LogP contribution in [0.4, 0.5) is 10.2 Å². The van der Waals surface area contributed by atoms with Crippen molar-refractivity contribution in [2.24, 2.45) is 5.92 Å². The van der Waals surface area contributed by atoms with Crippen LogP contribution in [0.25, 0.3) is 11.4 Å². The highest BCUT2D eigenvalue weighted by Crippen LogP contribution is 2.38. The molecule has 2 bridgehead atoms. The Morgan fingerprint density at radius 3 is 2.68 bits per heavy atom. The predicted molar refractivity (Wildman–Crippen MR) is 116 cm³/mol. The van der Waals surface area contributed by atoms with Gasteiger partial charge in [0.25, 0.3) is 5.91 Å². The first-order valence-corrected chi connectivity index (χ1v) is 10.7. The maximum Gasteiger partial charge on any atom is 0.257 e. The molecule has 0 spiro atoms. The average Bonchev–Trinajstić information content (AvgIpc) is 2.81. The number of aromatic nitrogens is 3. The van der Waals surface area contributed by atoms with Crippen molar-refractivity contribution in [3.63, 3.8) is 0 Å². The summed E-state index contributed by atoms with van der Waals surface area (Å²) in [5, 5.41) is 3.51. The molecule has 4 heterocycles. The largest absolute Gasteiger partial charge is 0.365 e. The predicted octanol–water partition coefficient (Wildman–Crippen LogP) is 4.09. The molecule has 2 aromatic heterocycles. The molecule has 158 valence electrons. The molecule has 1 N–H and O–H groups in total. The Kier molecular flexibility index (Phi) is 5.10. The van der Waals surface area contributed by atoms with Crippen molar-refractivity contribution in [1.82, 2.24) is 19.9 Å². The molecule has 0 radical (unpaired) electrons. The first-order chi connectivity index (χ1) is 15.1. The van der Waals surface area contributed by atoms with Gasteiger partial charge >= 0.3 is 0 Å². The molecular formula is C24H24FN5O. The normalized spacial score (nSPS) is 22.4. The van der Waals surface area contributed by atoms with Crippen molar-refractivity contribution in [3.05, 3.63) is 71.9 Å². The molecule has 1 aromatic carbocycles. The number of fused-ring (bicyclic) bond motifs is 3. The van der Waals surface area contributed by atoms with Crippen LogP contribution in [0, 0.1) is 18.7 Å². The van der Waals surface area contributed by atoms with Crippen LogP contribution in [0.5, 0.6) is 0 Å². The van der Waals surface area contributed by atoms with E-state index in [0.29, 0.717) is 23.9 Å². The van der Waals surface area contributed by atoms with Crippen molar-refractivity contribution < 1.29 is 9.18 Å². The maximum atomic E-state index is 14.9. The van der Waals surface area contributed by atoms with Crippen molar-refractivity contribution in [2.45, 2.75) is 38.3 Å². The lowest BCUT2D eigenvalue weighted by Crippen LogP contribution is -2.60. The zero-order valence-corrected chi connectivity index (χ0v) is 17.3. The Morgan fingerprint density at radius 2 is 1.94 bits per heavy atom. The number of pyridine rings is 1. The fourth-order valence-corrected chi connectivity index (χ4v) is 4.84. The molecule has 3 unspecified atom stereocenters. The monoisotopic (exact) mass is 417 g/mol. The molecule has 7 heteroatoms. The van der Waals surface area contributed by atoms with E-state index in [1.54, 1.807) is 30.6 Å². The maximum absolute atomic E-state index is 14.9. The summed E-state index contributed by atoms with van der Waals surface area (Å²) in [6.45, 7) is 2.65. The summed E-state index contributed by atoms with van der Waals surface area (Å²) in [6, 6.07) is 10.4. The summed E-state index contributed by atoms with van der Waals surface area (Å²) in [5.41, 5.74) is 1.58. The average molecular weight is 417 g/mol. The first-order valence-electron chi connectivity index (χ1n) is 10.7. The molecule has 6 nitrogen and oxygen atoms in total. The molecule has 2 saturated heterocycles. The standard InChI is InChI=1S/C24H24FN5O/c1-15-6-9-21(28-13-15)29-19-12-16-7-8-20(19)30(14-16)24(31)22-17(4-2-5-18(22)25)23-26-10-3-11-27-23/h2-6,9-11,13,16,19-20H,7-8,12,14H2,1H3,(H,28,29). The summed E-state index contributed by atoms with van der Waals surface area (Å²) in [7, 11) is 0. The van der Waals surface area contributed by atoms with Gasteiger partial charge in [0.1, 0.15) is 11.6 Å². The van der Waals surface area contributed by atoms with Gasteiger partial charge in [0.15, 0.2) is 5.82 Å². The number of hydrogen-bond donors (Lipinski definition) is 1. The van der Waals surface area contributed by atoms with Crippen LogP contribution in [0.15, 0.2) is 55.0 Å². The Labute approximate surface area is 180 Å². The van der Waals surface area contributed by atoms with Crippen LogP contribution < -0.4 is 5.32 Å². The smallest absolute Gasteiger partial charge is 0.257 e. The van der Waals surface area contributed by atoms with Gasteiger partial charge in [-0.1, -0.05) is 18.2 Å². The molecule has 3 fully saturated rings. The molecule has 6 rings (SSSR count). The van der Waals surface area contributed by atoms with Crippen LogP contribution in [0.2, 0.25) is 0 Å². The minimum Gasteiger partial charge on any atom is -0.365 e. The fraction of sp³-hybridized carbons (Fsp3) is 0.333. The van der Waals surface area contributed by atoms with E-state index in [1.165, 1.54) is 6.07 Å². The number of nitrogens with one attached hydrogen (secondary N) is 1. The van der Waals surface area contributed by atoms with E-state index < -0.39 is 5.82 Å². The number of aryl methyl sites for hydroxylation is 1. The molecule has 31 heavy (non-hydrogen) atoms. The Morgan fingerprint density at radius 1 is 1.10 bits per heavy atom. The van der Waals surface area contributed by atoms with Gasteiger partial charge in [0.05, 0.1) is 11.6 Å². The van der Waals surface area contributed by atoms with Gasteiger partial charge in [-0.25, -0.2) is 19.3 Å². The van der Waals surface area contributed by atoms with Crippen LogP contribution in [-0.4, -0.2) is 44.4 Å². The molecule has 1 saturated carbocycles. The van der Waals surface area contributed by atoms with Gasteiger partial charge < -0.3 is 10.2 Å². The van der Waals surface area contributed by atoms with Gasteiger partial charge in [0.2, 0.25) is 0 Å². The van der Waals surface area contributed by atoms with E-state index in [0.717, 1.165) is 30.6 Å². The van der Waals surface area contributed by atoms with Gasteiger partial charge in [-0.15, -0.1) is 0 Å².